The third kappa shape index (κ3) is 1.06. The lowest BCUT2D eigenvalue weighted by Crippen LogP contribution is -2.51. The molecule has 0 aromatic carbocycles. The van der Waals surface area contributed by atoms with Crippen molar-refractivity contribution in [2.24, 2.45) is 5.92 Å². The highest BCUT2D eigenvalue weighted by Gasteiger charge is 2.53. The largest absolute Gasteiger partial charge is 0.323 e. The van der Waals surface area contributed by atoms with Crippen LogP contribution in [0.1, 0.15) is 33.6 Å². The van der Waals surface area contributed by atoms with Gasteiger partial charge >= 0.3 is 6.03 Å². The Morgan fingerprint density at radius 2 is 2.14 bits per heavy atom. The molecular formula is C10H17N3O. The minimum absolute atomic E-state index is 0.0892. The van der Waals surface area contributed by atoms with Crippen molar-refractivity contribution in [3.8, 4) is 0 Å². The monoisotopic (exact) mass is 195 g/mol. The van der Waals surface area contributed by atoms with E-state index in [9.17, 15) is 4.79 Å². The van der Waals surface area contributed by atoms with Gasteiger partial charge in [0.25, 0.3) is 0 Å². The molecule has 1 atom stereocenters. The molecule has 1 saturated carbocycles. The first-order chi connectivity index (χ1) is 6.48. The predicted octanol–water partition coefficient (Wildman–Crippen LogP) is 1.57. The molecule has 0 radical (unpaired) electrons. The normalized spacial score (nSPS) is 32.7. The first kappa shape index (κ1) is 9.49. The van der Waals surface area contributed by atoms with E-state index in [4.69, 9.17) is 5.41 Å². The van der Waals surface area contributed by atoms with Gasteiger partial charge in [0.15, 0.2) is 0 Å². The molecule has 1 heterocycles. The minimum atomic E-state index is -0.418. The van der Waals surface area contributed by atoms with Crippen molar-refractivity contribution < 1.29 is 4.79 Å². The summed E-state index contributed by atoms with van der Waals surface area (Å²) in [4.78, 5) is 13.5. The maximum atomic E-state index is 11.7. The van der Waals surface area contributed by atoms with Crippen LogP contribution in [0.25, 0.3) is 0 Å². The summed E-state index contributed by atoms with van der Waals surface area (Å²) in [5.74, 6) is 0.624. The maximum absolute atomic E-state index is 11.7. The Bertz CT molecular complexity index is 296. The first-order valence-electron chi connectivity index (χ1n) is 5.17. The molecule has 2 aliphatic rings. The number of nitrogens with one attached hydrogen (secondary N) is 2. The van der Waals surface area contributed by atoms with Gasteiger partial charge in [-0.25, -0.2) is 4.79 Å². The van der Waals surface area contributed by atoms with Crippen molar-refractivity contribution in [1.82, 2.24) is 10.2 Å². The van der Waals surface area contributed by atoms with Gasteiger partial charge in [-0.15, -0.1) is 0 Å². The van der Waals surface area contributed by atoms with Crippen LogP contribution in [0.5, 0.6) is 0 Å². The molecule has 78 valence electrons. The van der Waals surface area contributed by atoms with Gasteiger partial charge in [0.2, 0.25) is 0 Å². The second kappa shape index (κ2) is 2.72. The Labute approximate surface area is 84.2 Å². The lowest BCUT2D eigenvalue weighted by atomic mass is 9.86. The third-order valence-corrected chi connectivity index (χ3v) is 3.49. The third-order valence-electron chi connectivity index (χ3n) is 3.49. The minimum Gasteiger partial charge on any atom is -0.309 e. The van der Waals surface area contributed by atoms with Crippen molar-refractivity contribution in [2.75, 3.05) is 0 Å². The molecule has 14 heavy (non-hydrogen) atoms. The Morgan fingerprint density at radius 3 is 2.57 bits per heavy atom. The van der Waals surface area contributed by atoms with Crippen LogP contribution in [0.3, 0.4) is 0 Å². The van der Waals surface area contributed by atoms with Crippen LogP contribution in [-0.2, 0) is 0 Å². The lowest BCUT2D eigenvalue weighted by molar-refractivity contribution is 0.149. The smallest absolute Gasteiger partial charge is 0.309 e. The van der Waals surface area contributed by atoms with Gasteiger partial charge in [-0.3, -0.25) is 10.7 Å². The van der Waals surface area contributed by atoms with E-state index in [0.29, 0.717) is 11.9 Å². The summed E-state index contributed by atoms with van der Waals surface area (Å²) in [7, 11) is 0. The van der Waals surface area contributed by atoms with Gasteiger partial charge in [0, 0.05) is 6.04 Å². The maximum Gasteiger partial charge on any atom is 0.323 e. The molecule has 1 saturated heterocycles. The van der Waals surface area contributed by atoms with Crippen LogP contribution >= 0.6 is 0 Å². The summed E-state index contributed by atoms with van der Waals surface area (Å²) >= 11 is 0. The zero-order valence-electron chi connectivity index (χ0n) is 8.92. The fourth-order valence-electron chi connectivity index (χ4n) is 2.07. The number of urea groups is 1. The van der Waals surface area contributed by atoms with E-state index in [2.05, 4.69) is 19.2 Å². The van der Waals surface area contributed by atoms with E-state index in [1.165, 1.54) is 0 Å². The molecule has 1 aliphatic heterocycles. The Kier molecular flexibility index (Phi) is 1.84. The number of amides is 2. The number of rotatable bonds is 2. The summed E-state index contributed by atoms with van der Waals surface area (Å²) in [6, 6.07) is 0.277. The molecule has 1 aliphatic carbocycles. The number of carbonyl (C=O) groups excluding carboxylic acids is 1. The number of carbonyl (C=O) groups is 1. The van der Waals surface area contributed by atoms with Crippen molar-refractivity contribution in [3.63, 3.8) is 0 Å². The zero-order valence-corrected chi connectivity index (χ0v) is 8.92. The van der Waals surface area contributed by atoms with E-state index in [-0.39, 0.29) is 11.9 Å². The van der Waals surface area contributed by atoms with Crippen molar-refractivity contribution in [1.29, 1.82) is 5.41 Å². The second-order valence-corrected chi connectivity index (χ2v) is 4.71. The lowest BCUT2D eigenvalue weighted by Gasteiger charge is -2.36. The number of hydrogen-bond acceptors (Lipinski definition) is 2. The zero-order chi connectivity index (χ0) is 10.5. The molecular weight excluding hydrogens is 178 g/mol. The molecule has 2 rings (SSSR count). The van der Waals surface area contributed by atoms with E-state index in [0.717, 1.165) is 12.8 Å². The number of hydrogen-bond donors (Lipinski definition) is 2. The summed E-state index contributed by atoms with van der Waals surface area (Å²) in [6.07, 6.45) is 2.17. The standard InChI is InChI=1S/C10H17N3O/c1-6(2)10(3)8(11)12-9(14)13(10)7-4-5-7/h6-7H,4-5H2,1-3H3,(H2,11,12,14). The van der Waals surface area contributed by atoms with Crippen LogP contribution in [-0.4, -0.2) is 28.3 Å². The van der Waals surface area contributed by atoms with E-state index < -0.39 is 5.54 Å². The summed E-state index contributed by atoms with van der Waals surface area (Å²) in [5, 5.41) is 10.5. The molecule has 0 spiro atoms. The van der Waals surface area contributed by atoms with E-state index in [1.807, 2.05) is 11.8 Å². The Hall–Kier alpha value is -1.06. The predicted molar refractivity (Wildman–Crippen MR) is 54.4 cm³/mol. The number of nitrogens with zero attached hydrogens (tertiary/aromatic N) is 1. The van der Waals surface area contributed by atoms with Gasteiger partial charge in [0.05, 0.1) is 0 Å². The average molecular weight is 195 g/mol. The molecule has 0 aromatic heterocycles. The highest BCUT2D eigenvalue weighted by atomic mass is 16.2. The molecule has 2 N–H and O–H groups in total. The van der Waals surface area contributed by atoms with Gasteiger partial charge in [-0.1, -0.05) is 13.8 Å². The Balaban J connectivity index is 2.35. The molecule has 2 fully saturated rings. The van der Waals surface area contributed by atoms with Crippen LogP contribution in [0, 0.1) is 11.3 Å². The SMILES string of the molecule is CC(C)C1(C)C(=N)NC(=O)N1C1CC1. The van der Waals surface area contributed by atoms with Gasteiger partial charge in [0.1, 0.15) is 11.4 Å². The first-order valence-corrected chi connectivity index (χ1v) is 5.17. The van der Waals surface area contributed by atoms with Crippen LogP contribution < -0.4 is 5.32 Å². The highest BCUT2D eigenvalue weighted by Crippen LogP contribution is 2.39. The summed E-state index contributed by atoms with van der Waals surface area (Å²) < 4.78 is 0. The summed E-state index contributed by atoms with van der Waals surface area (Å²) in [5.41, 5.74) is -0.418. The van der Waals surface area contributed by atoms with E-state index in [1.54, 1.807) is 0 Å². The summed E-state index contributed by atoms with van der Waals surface area (Å²) in [6.45, 7) is 6.10. The molecule has 2 amide bonds. The Morgan fingerprint density at radius 1 is 1.57 bits per heavy atom. The molecule has 4 heteroatoms. The van der Waals surface area contributed by atoms with Crippen molar-refractivity contribution >= 4 is 11.9 Å². The van der Waals surface area contributed by atoms with E-state index >= 15 is 0 Å². The van der Waals surface area contributed by atoms with Crippen molar-refractivity contribution in [3.05, 3.63) is 0 Å². The number of amidine groups is 1. The van der Waals surface area contributed by atoms with Crippen LogP contribution in [0.15, 0.2) is 0 Å². The van der Waals surface area contributed by atoms with Gasteiger partial charge < -0.3 is 4.90 Å². The molecule has 0 aromatic rings. The van der Waals surface area contributed by atoms with Crippen LogP contribution in [0.4, 0.5) is 4.79 Å². The van der Waals surface area contributed by atoms with Crippen LogP contribution in [0.2, 0.25) is 0 Å². The topological polar surface area (TPSA) is 56.2 Å². The van der Waals surface area contributed by atoms with Gasteiger partial charge in [-0.2, -0.15) is 0 Å². The van der Waals surface area contributed by atoms with Crippen molar-refractivity contribution in [2.45, 2.75) is 45.2 Å². The fraction of sp³-hybridized carbons (Fsp3) is 0.800. The molecule has 0 bridgehead atoms. The average Bonchev–Trinajstić information content (AvgIpc) is 2.84. The molecule has 1 unspecified atom stereocenters. The van der Waals surface area contributed by atoms with Gasteiger partial charge in [-0.05, 0) is 25.7 Å². The fourth-order valence-corrected chi connectivity index (χ4v) is 2.07. The second-order valence-electron chi connectivity index (χ2n) is 4.71. The quantitative estimate of drug-likeness (QED) is 0.690. The molecule has 4 nitrogen and oxygen atoms in total. The highest BCUT2D eigenvalue weighted by molar-refractivity contribution is 6.08.